The first-order chi connectivity index (χ1) is 7.56. The van der Waals surface area contributed by atoms with Crippen LogP contribution in [0.2, 0.25) is 5.02 Å². The van der Waals surface area contributed by atoms with Crippen molar-refractivity contribution in [1.82, 2.24) is 5.32 Å². The second-order valence-corrected chi connectivity index (χ2v) is 4.33. The van der Waals surface area contributed by atoms with Gasteiger partial charge in [-0.05, 0) is 36.6 Å². The average Bonchev–Trinajstić information content (AvgIpc) is 2.64. The van der Waals surface area contributed by atoms with Crippen molar-refractivity contribution in [3.63, 3.8) is 0 Å². The Morgan fingerprint density at radius 1 is 1.44 bits per heavy atom. The lowest BCUT2D eigenvalue weighted by Crippen LogP contribution is -2.31. The number of carbonyl (C=O) groups is 1. The van der Waals surface area contributed by atoms with Gasteiger partial charge in [-0.25, -0.2) is 4.39 Å². The quantitative estimate of drug-likeness (QED) is 0.838. The first-order valence-corrected chi connectivity index (χ1v) is 5.39. The number of hydrogen-bond acceptors (Lipinski definition) is 2. The normalized spacial score (nSPS) is 24.6. The highest BCUT2D eigenvalue weighted by Crippen LogP contribution is 2.28. The molecule has 2 atom stereocenters. The molecule has 1 aromatic carbocycles. The van der Waals surface area contributed by atoms with Crippen molar-refractivity contribution in [2.75, 3.05) is 0 Å². The highest BCUT2D eigenvalue weighted by molar-refractivity contribution is 6.30. The van der Waals surface area contributed by atoms with E-state index >= 15 is 0 Å². The number of nitrogens with one attached hydrogen (secondary N) is 1. The Bertz CT molecular complexity index is 404. The van der Waals surface area contributed by atoms with E-state index in [4.69, 9.17) is 16.7 Å². The van der Waals surface area contributed by atoms with Gasteiger partial charge in [0.15, 0.2) is 0 Å². The van der Waals surface area contributed by atoms with E-state index in [9.17, 15) is 9.18 Å². The molecule has 16 heavy (non-hydrogen) atoms. The van der Waals surface area contributed by atoms with Crippen LogP contribution in [0.1, 0.15) is 24.4 Å². The molecule has 0 amide bonds. The number of carboxylic acid groups (broad SMARTS) is 1. The lowest BCUT2D eigenvalue weighted by Gasteiger charge is -2.12. The summed E-state index contributed by atoms with van der Waals surface area (Å²) in [5, 5.41) is 12.1. The molecule has 3 nitrogen and oxygen atoms in total. The van der Waals surface area contributed by atoms with Crippen LogP contribution < -0.4 is 5.32 Å². The molecule has 2 rings (SSSR count). The molecule has 86 valence electrons. The van der Waals surface area contributed by atoms with Gasteiger partial charge in [0.2, 0.25) is 0 Å². The lowest BCUT2D eigenvalue weighted by molar-refractivity contribution is -0.139. The fraction of sp³-hybridized carbons (Fsp3) is 0.364. The van der Waals surface area contributed by atoms with E-state index in [0.29, 0.717) is 23.4 Å². The maximum absolute atomic E-state index is 13.1. The van der Waals surface area contributed by atoms with E-state index < -0.39 is 17.8 Å². The first-order valence-electron chi connectivity index (χ1n) is 5.01. The molecule has 1 aliphatic rings. The van der Waals surface area contributed by atoms with Crippen LogP contribution in [0.15, 0.2) is 18.2 Å². The maximum Gasteiger partial charge on any atom is 0.320 e. The molecule has 0 aromatic heterocycles. The van der Waals surface area contributed by atoms with Crippen molar-refractivity contribution in [1.29, 1.82) is 0 Å². The molecule has 0 bridgehead atoms. The minimum absolute atomic E-state index is 0.130. The molecular formula is C11H11ClFNO2. The zero-order chi connectivity index (χ0) is 11.7. The SMILES string of the molecule is O=C(O)[C@H]1CC[C@@H](c2cc(F)cc(Cl)c2)N1. The van der Waals surface area contributed by atoms with Gasteiger partial charge in [-0.3, -0.25) is 10.1 Å². The largest absolute Gasteiger partial charge is 0.480 e. The van der Waals surface area contributed by atoms with Gasteiger partial charge in [-0.15, -0.1) is 0 Å². The van der Waals surface area contributed by atoms with E-state index in [1.165, 1.54) is 12.1 Å². The van der Waals surface area contributed by atoms with Gasteiger partial charge in [0.05, 0.1) is 0 Å². The van der Waals surface area contributed by atoms with Gasteiger partial charge in [0.25, 0.3) is 0 Å². The summed E-state index contributed by atoms with van der Waals surface area (Å²) in [4.78, 5) is 10.7. The maximum atomic E-state index is 13.1. The Morgan fingerprint density at radius 3 is 2.75 bits per heavy atom. The molecule has 0 unspecified atom stereocenters. The summed E-state index contributed by atoms with van der Waals surface area (Å²) < 4.78 is 13.1. The second-order valence-electron chi connectivity index (χ2n) is 3.89. The summed E-state index contributed by atoms with van der Waals surface area (Å²) in [6.07, 6.45) is 1.23. The Balaban J connectivity index is 2.17. The summed E-state index contributed by atoms with van der Waals surface area (Å²) in [6, 6.07) is 3.59. The van der Waals surface area contributed by atoms with E-state index in [1.54, 1.807) is 6.07 Å². The fourth-order valence-corrected chi connectivity index (χ4v) is 2.21. The molecule has 1 aromatic rings. The Hall–Kier alpha value is -1.13. The third kappa shape index (κ3) is 2.33. The van der Waals surface area contributed by atoms with Crippen LogP contribution in [0.3, 0.4) is 0 Å². The zero-order valence-corrected chi connectivity index (χ0v) is 9.17. The van der Waals surface area contributed by atoms with Gasteiger partial charge >= 0.3 is 5.97 Å². The minimum atomic E-state index is -0.870. The number of carboxylic acids is 1. The van der Waals surface area contributed by atoms with Crippen LogP contribution >= 0.6 is 11.6 Å². The number of rotatable bonds is 2. The molecule has 0 saturated carbocycles. The molecule has 2 N–H and O–H groups in total. The van der Waals surface area contributed by atoms with Gasteiger partial charge < -0.3 is 5.11 Å². The van der Waals surface area contributed by atoms with Gasteiger partial charge in [-0.2, -0.15) is 0 Å². The van der Waals surface area contributed by atoms with Crippen LogP contribution in [0, 0.1) is 5.82 Å². The second kappa shape index (κ2) is 4.39. The molecule has 0 radical (unpaired) electrons. The van der Waals surface area contributed by atoms with Crippen molar-refractivity contribution >= 4 is 17.6 Å². The predicted octanol–water partition coefficient (Wildman–Crippen LogP) is 2.36. The molecule has 1 saturated heterocycles. The van der Waals surface area contributed by atoms with Crippen LogP contribution in [-0.4, -0.2) is 17.1 Å². The summed E-state index contributed by atoms with van der Waals surface area (Å²) in [5.41, 5.74) is 0.703. The monoisotopic (exact) mass is 243 g/mol. The molecule has 0 spiro atoms. The third-order valence-electron chi connectivity index (χ3n) is 2.73. The van der Waals surface area contributed by atoms with Crippen LogP contribution in [0.4, 0.5) is 4.39 Å². The van der Waals surface area contributed by atoms with Gasteiger partial charge in [0, 0.05) is 11.1 Å². The number of aliphatic carboxylic acids is 1. The molecular weight excluding hydrogens is 233 g/mol. The predicted molar refractivity (Wildman–Crippen MR) is 57.9 cm³/mol. The highest BCUT2D eigenvalue weighted by Gasteiger charge is 2.29. The van der Waals surface area contributed by atoms with E-state index in [-0.39, 0.29) is 6.04 Å². The van der Waals surface area contributed by atoms with Crippen molar-refractivity contribution in [2.24, 2.45) is 0 Å². The van der Waals surface area contributed by atoms with Crippen LogP contribution in [-0.2, 0) is 4.79 Å². The summed E-state index contributed by atoms with van der Waals surface area (Å²) >= 11 is 5.74. The Morgan fingerprint density at radius 2 is 2.19 bits per heavy atom. The van der Waals surface area contributed by atoms with Gasteiger partial charge in [0.1, 0.15) is 11.9 Å². The molecule has 1 fully saturated rings. The van der Waals surface area contributed by atoms with Crippen LogP contribution in [0.5, 0.6) is 0 Å². The minimum Gasteiger partial charge on any atom is -0.480 e. The van der Waals surface area contributed by atoms with E-state index in [0.717, 1.165) is 0 Å². The molecule has 5 heteroatoms. The van der Waals surface area contributed by atoms with E-state index in [1.807, 2.05) is 0 Å². The summed E-state index contributed by atoms with van der Waals surface area (Å²) in [5.74, 6) is -1.27. The smallest absolute Gasteiger partial charge is 0.320 e. The zero-order valence-electron chi connectivity index (χ0n) is 8.41. The standard InChI is InChI=1S/C11H11ClFNO2/c12-7-3-6(4-8(13)5-7)9-1-2-10(14-9)11(15)16/h3-5,9-10,14H,1-2H2,(H,15,16)/t9-,10+/m0/s1. The number of benzene rings is 1. The topological polar surface area (TPSA) is 49.3 Å². The van der Waals surface area contributed by atoms with Crippen LogP contribution in [0.25, 0.3) is 0 Å². The van der Waals surface area contributed by atoms with E-state index in [2.05, 4.69) is 5.32 Å². The summed E-state index contributed by atoms with van der Waals surface area (Å²) in [7, 11) is 0. The third-order valence-corrected chi connectivity index (χ3v) is 2.95. The van der Waals surface area contributed by atoms with Crippen molar-refractivity contribution in [3.05, 3.63) is 34.6 Å². The van der Waals surface area contributed by atoms with Crippen molar-refractivity contribution < 1.29 is 14.3 Å². The Labute approximate surface area is 97.2 Å². The molecule has 0 aliphatic carbocycles. The first kappa shape index (κ1) is 11.4. The molecule has 1 aliphatic heterocycles. The Kier molecular flexibility index (Phi) is 3.12. The lowest BCUT2D eigenvalue weighted by atomic mass is 10.1. The molecule has 1 heterocycles. The van der Waals surface area contributed by atoms with Crippen molar-refractivity contribution in [3.8, 4) is 0 Å². The van der Waals surface area contributed by atoms with Crippen molar-refractivity contribution in [2.45, 2.75) is 24.9 Å². The van der Waals surface area contributed by atoms with Gasteiger partial charge in [-0.1, -0.05) is 11.6 Å². The highest BCUT2D eigenvalue weighted by atomic mass is 35.5. The number of halogens is 2. The fourth-order valence-electron chi connectivity index (χ4n) is 1.98. The average molecular weight is 244 g/mol. The number of hydrogen-bond donors (Lipinski definition) is 2. The summed E-state index contributed by atoms with van der Waals surface area (Å²) in [6.45, 7) is 0.